The molecule has 1 saturated heterocycles. The number of thiazole rings is 1. The number of aryl methyl sites for hydroxylation is 1. The van der Waals surface area contributed by atoms with Gasteiger partial charge in [-0.3, -0.25) is 4.79 Å². The molecule has 1 fully saturated rings. The second-order valence-electron chi connectivity index (χ2n) is 5.84. The van der Waals surface area contributed by atoms with E-state index < -0.39 is 43.1 Å². The number of carbonyl (C=O) groups is 2. The quantitative estimate of drug-likeness (QED) is 0.846. The number of carboxylic acids is 1. The first-order valence-corrected chi connectivity index (χ1v) is 8.19. The van der Waals surface area contributed by atoms with Gasteiger partial charge >= 0.3 is 18.2 Å². The Labute approximate surface area is 144 Å². The number of urea groups is 1. The topological polar surface area (TPSA) is 82.5 Å². The lowest BCUT2D eigenvalue weighted by molar-refractivity contribution is -0.187. The van der Waals surface area contributed by atoms with Gasteiger partial charge < -0.3 is 15.3 Å². The van der Waals surface area contributed by atoms with Crippen molar-refractivity contribution < 1.29 is 27.9 Å². The van der Waals surface area contributed by atoms with Crippen molar-refractivity contribution in [2.24, 2.45) is 11.8 Å². The van der Waals surface area contributed by atoms with Crippen LogP contribution in [0.25, 0.3) is 10.2 Å². The Balaban J connectivity index is 1.75. The number of amides is 2. The predicted molar refractivity (Wildman–Crippen MR) is 85.6 cm³/mol. The van der Waals surface area contributed by atoms with Crippen molar-refractivity contribution in [3.05, 3.63) is 23.2 Å². The molecule has 3 rings (SSSR count). The maximum absolute atomic E-state index is 13.0. The van der Waals surface area contributed by atoms with E-state index in [1.54, 1.807) is 18.2 Å². The Morgan fingerprint density at radius 1 is 1.36 bits per heavy atom. The minimum Gasteiger partial charge on any atom is -0.481 e. The third-order valence-electron chi connectivity index (χ3n) is 4.09. The summed E-state index contributed by atoms with van der Waals surface area (Å²) in [5.74, 6) is -5.28. The minimum absolute atomic E-state index is 0.420. The Morgan fingerprint density at radius 2 is 2.08 bits per heavy atom. The molecule has 0 radical (unpaired) electrons. The van der Waals surface area contributed by atoms with Crippen molar-refractivity contribution in [2.45, 2.75) is 13.1 Å². The van der Waals surface area contributed by atoms with E-state index in [1.807, 2.05) is 6.92 Å². The standard InChI is InChI=1S/C15H14F3N3O3S/c1-7-19-11-3-2-8(4-12(11)25-7)20-14(24)21-5-9(13(22)23)10(6-21)15(16,17)18/h2-4,9-10H,5-6H2,1H3,(H,20,24)(H,22,23)/t9-,10-/m1/s1. The first kappa shape index (κ1) is 17.5. The summed E-state index contributed by atoms with van der Waals surface area (Å²) in [7, 11) is 0. The van der Waals surface area contributed by atoms with Gasteiger partial charge in [0.2, 0.25) is 0 Å². The molecule has 1 aliphatic rings. The van der Waals surface area contributed by atoms with Crippen LogP contribution in [0.2, 0.25) is 0 Å². The molecule has 1 aromatic carbocycles. The Morgan fingerprint density at radius 3 is 2.68 bits per heavy atom. The summed E-state index contributed by atoms with van der Waals surface area (Å²) in [6.07, 6.45) is -4.67. The number of aliphatic carboxylic acids is 1. The van der Waals surface area contributed by atoms with Crippen molar-refractivity contribution in [3.63, 3.8) is 0 Å². The molecule has 0 unspecified atom stereocenters. The van der Waals surface area contributed by atoms with Crippen molar-refractivity contribution in [1.29, 1.82) is 0 Å². The lowest BCUT2D eigenvalue weighted by Gasteiger charge is -2.18. The molecule has 10 heteroatoms. The number of carboxylic acid groups (broad SMARTS) is 1. The van der Waals surface area contributed by atoms with Crippen molar-refractivity contribution >= 4 is 39.2 Å². The molecule has 0 saturated carbocycles. The van der Waals surface area contributed by atoms with E-state index in [4.69, 9.17) is 5.11 Å². The molecule has 25 heavy (non-hydrogen) atoms. The fourth-order valence-electron chi connectivity index (χ4n) is 2.87. The normalized spacial score (nSPS) is 20.9. The first-order valence-electron chi connectivity index (χ1n) is 7.38. The van der Waals surface area contributed by atoms with Gasteiger partial charge in [0, 0.05) is 18.8 Å². The van der Waals surface area contributed by atoms with E-state index in [0.717, 1.165) is 20.1 Å². The van der Waals surface area contributed by atoms with Crippen LogP contribution in [-0.2, 0) is 4.79 Å². The van der Waals surface area contributed by atoms with Crippen LogP contribution in [0.3, 0.4) is 0 Å². The number of halogens is 3. The zero-order valence-electron chi connectivity index (χ0n) is 13.0. The van der Waals surface area contributed by atoms with Crippen LogP contribution in [0.4, 0.5) is 23.7 Å². The summed E-state index contributed by atoms with van der Waals surface area (Å²) in [6, 6.07) is 4.24. The van der Waals surface area contributed by atoms with Gasteiger partial charge in [0.1, 0.15) is 0 Å². The molecule has 2 heterocycles. The van der Waals surface area contributed by atoms with Gasteiger partial charge in [0.15, 0.2) is 0 Å². The molecule has 0 bridgehead atoms. The van der Waals surface area contributed by atoms with Crippen molar-refractivity contribution in [3.8, 4) is 0 Å². The molecule has 1 aliphatic heterocycles. The number of alkyl halides is 3. The van der Waals surface area contributed by atoms with E-state index in [1.165, 1.54) is 11.3 Å². The first-order chi connectivity index (χ1) is 11.6. The van der Waals surface area contributed by atoms with Gasteiger partial charge in [0.05, 0.1) is 27.1 Å². The molecule has 2 aromatic rings. The number of benzene rings is 1. The highest BCUT2D eigenvalue weighted by molar-refractivity contribution is 7.18. The highest BCUT2D eigenvalue weighted by Gasteiger charge is 2.53. The predicted octanol–water partition coefficient (Wildman–Crippen LogP) is 3.33. The van der Waals surface area contributed by atoms with Crippen LogP contribution < -0.4 is 5.32 Å². The monoisotopic (exact) mass is 373 g/mol. The number of anilines is 1. The molecular weight excluding hydrogens is 359 g/mol. The molecule has 2 N–H and O–H groups in total. The summed E-state index contributed by atoms with van der Waals surface area (Å²) < 4.78 is 39.8. The molecule has 134 valence electrons. The molecular formula is C15H14F3N3O3S. The van der Waals surface area contributed by atoms with Crippen LogP contribution in [0.15, 0.2) is 18.2 Å². The third-order valence-corrected chi connectivity index (χ3v) is 5.02. The van der Waals surface area contributed by atoms with Gasteiger partial charge in [-0.05, 0) is 25.1 Å². The van der Waals surface area contributed by atoms with E-state index in [-0.39, 0.29) is 0 Å². The van der Waals surface area contributed by atoms with Crippen molar-refractivity contribution in [2.75, 3.05) is 18.4 Å². The molecule has 0 aliphatic carbocycles. The lowest BCUT2D eigenvalue weighted by Crippen LogP contribution is -2.35. The van der Waals surface area contributed by atoms with E-state index >= 15 is 0 Å². The number of rotatable bonds is 2. The summed E-state index contributed by atoms with van der Waals surface area (Å²) in [6.45, 7) is 0.692. The average Bonchev–Trinajstić information content (AvgIpc) is 3.09. The summed E-state index contributed by atoms with van der Waals surface area (Å²) in [4.78, 5) is 28.5. The smallest absolute Gasteiger partial charge is 0.394 e. The SMILES string of the molecule is Cc1nc2ccc(NC(=O)N3C[C@@H](C(F)(F)F)[C@H](C(=O)O)C3)cc2s1. The van der Waals surface area contributed by atoms with Crippen LogP contribution >= 0.6 is 11.3 Å². The van der Waals surface area contributed by atoms with Gasteiger partial charge in [-0.1, -0.05) is 0 Å². The van der Waals surface area contributed by atoms with Crippen LogP contribution in [0.1, 0.15) is 5.01 Å². The zero-order valence-corrected chi connectivity index (χ0v) is 13.8. The van der Waals surface area contributed by atoms with Gasteiger partial charge in [-0.15, -0.1) is 11.3 Å². The summed E-state index contributed by atoms with van der Waals surface area (Å²) in [5, 5.41) is 12.4. The van der Waals surface area contributed by atoms with Crippen LogP contribution in [0.5, 0.6) is 0 Å². The number of hydrogen-bond acceptors (Lipinski definition) is 4. The maximum atomic E-state index is 13.0. The number of hydrogen-bond donors (Lipinski definition) is 2. The number of nitrogens with one attached hydrogen (secondary N) is 1. The second-order valence-corrected chi connectivity index (χ2v) is 7.08. The average molecular weight is 373 g/mol. The van der Waals surface area contributed by atoms with Crippen molar-refractivity contribution in [1.82, 2.24) is 9.88 Å². The van der Waals surface area contributed by atoms with E-state index in [9.17, 15) is 22.8 Å². The second kappa shape index (κ2) is 6.17. The summed E-state index contributed by atoms with van der Waals surface area (Å²) in [5.41, 5.74) is 1.19. The number of nitrogens with zero attached hydrogens (tertiary/aromatic N) is 2. The third kappa shape index (κ3) is 3.53. The van der Waals surface area contributed by atoms with E-state index in [0.29, 0.717) is 5.69 Å². The summed E-state index contributed by atoms with van der Waals surface area (Å²) >= 11 is 1.43. The molecule has 2 atom stereocenters. The fraction of sp³-hybridized carbons (Fsp3) is 0.400. The highest BCUT2D eigenvalue weighted by Crippen LogP contribution is 2.38. The molecule has 1 aromatic heterocycles. The number of likely N-dealkylation sites (tertiary alicyclic amines) is 1. The minimum atomic E-state index is -4.67. The van der Waals surface area contributed by atoms with Crippen LogP contribution in [0, 0.1) is 18.8 Å². The number of carbonyl (C=O) groups excluding carboxylic acids is 1. The zero-order chi connectivity index (χ0) is 18.4. The lowest BCUT2D eigenvalue weighted by atomic mass is 9.96. The maximum Gasteiger partial charge on any atom is 0.394 e. The number of fused-ring (bicyclic) bond motifs is 1. The fourth-order valence-corrected chi connectivity index (χ4v) is 3.74. The van der Waals surface area contributed by atoms with Gasteiger partial charge in [-0.2, -0.15) is 13.2 Å². The largest absolute Gasteiger partial charge is 0.481 e. The Kier molecular flexibility index (Phi) is 4.31. The van der Waals surface area contributed by atoms with Gasteiger partial charge in [-0.25, -0.2) is 9.78 Å². The molecule has 0 spiro atoms. The molecule has 2 amide bonds. The Bertz CT molecular complexity index is 836. The van der Waals surface area contributed by atoms with Crippen LogP contribution in [-0.4, -0.2) is 46.3 Å². The Hall–Kier alpha value is -2.36. The number of aromatic nitrogens is 1. The molecule has 6 nitrogen and oxygen atoms in total. The van der Waals surface area contributed by atoms with Gasteiger partial charge in [0.25, 0.3) is 0 Å². The van der Waals surface area contributed by atoms with E-state index in [2.05, 4.69) is 10.3 Å². The highest BCUT2D eigenvalue weighted by atomic mass is 32.1.